The molecule has 1 aliphatic rings. The first-order valence-electron chi connectivity index (χ1n) is 5.58. The Bertz CT molecular complexity index is 153. The van der Waals surface area contributed by atoms with E-state index < -0.39 is 0 Å². The second-order valence-electron chi connectivity index (χ2n) is 4.79. The Labute approximate surface area is 86.8 Å². The van der Waals surface area contributed by atoms with Crippen LogP contribution in [0.2, 0.25) is 0 Å². The molecule has 3 nitrogen and oxygen atoms in total. The van der Waals surface area contributed by atoms with E-state index in [9.17, 15) is 0 Å². The standard InChI is InChI=1S/C11H23NO2/c1-11(2,5-6-13)12-9-10-3-7-14-8-4-10/h10,12-13H,3-9H2,1-2H3. The van der Waals surface area contributed by atoms with Gasteiger partial charge in [0.2, 0.25) is 0 Å². The lowest BCUT2D eigenvalue weighted by atomic mass is 9.96. The molecule has 14 heavy (non-hydrogen) atoms. The highest BCUT2D eigenvalue weighted by Crippen LogP contribution is 2.15. The molecule has 0 spiro atoms. The SMILES string of the molecule is CC(C)(CCO)NCC1CCOCC1. The van der Waals surface area contributed by atoms with Gasteiger partial charge in [0.05, 0.1) is 0 Å². The van der Waals surface area contributed by atoms with E-state index in [2.05, 4.69) is 19.2 Å². The molecule has 2 N–H and O–H groups in total. The molecule has 1 heterocycles. The molecule has 0 unspecified atom stereocenters. The van der Waals surface area contributed by atoms with Crippen molar-refractivity contribution in [3.8, 4) is 0 Å². The van der Waals surface area contributed by atoms with E-state index >= 15 is 0 Å². The Morgan fingerprint density at radius 2 is 2.00 bits per heavy atom. The quantitative estimate of drug-likeness (QED) is 0.701. The third kappa shape index (κ3) is 4.40. The van der Waals surface area contributed by atoms with Crippen molar-refractivity contribution in [1.82, 2.24) is 5.32 Å². The van der Waals surface area contributed by atoms with Crippen LogP contribution in [0.15, 0.2) is 0 Å². The predicted octanol–water partition coefficient (Wildman–Crippen LogP) is 1.16. The van der Waals surface area contributed by atoms with Crippen molar-refractivity contribution in [3.63, 3.8) is 0 Å². The summed E-state index contributed by atoms with van der Waals surface area (Å²) in [6.45, 7) is 7.41. The second kappa shape index (κ2) is 5.69. The smallest absolute Gasteiger partial charge is 0.0469 e. The summed E-state index contributed by atoms with van der Waals surface area (Å²) in [4.78, 5) is 0. The van der Waals surface area contributed by atoms with Gasteiger partial charge in [-0.05, 0) is 45.6 Å². The van der Waals surface area contributed by atoms with E-state index in [1.165, 1.54) is 12.8 Å². The summed E-state index contributed by atoms with van der Waals surface area (Å²) in [5, 5.41) is 12.4. The second-order valence-corrected chi connectivity index (χ2v) is 4.79. The van der Waals surface area contributed by atoms with Crippen LogP contribution in [0.1, 0.15) is 33.1 Å². The normalized spacial score (nSPS) is 19.9. The lowest BCUT2D eigenvalue weighted by Crippen LogP contribution is -2.43. The van der Waals surface area contributed by atoms with Crippen molar-refractivity contribution in [2.45, 2.75) is 38.6 Å². The molecule has 0 saturated carbocycles. The maximum Gasteiger partial charge on any atom is 0.0469 e. The van der Waals surface area contributed by atoms with Crippen LogP contribution in [-0.4, -0.2) is 37.0 Å². The Hall–Kier alpha value is -0.120. The summed E-state index contributed by atoms with van der Waals surface area (Å²) >= 11 is 0. The minimum atomic E-state index is 0.0626. The van der Waals surface area contributed by atoms with Gasteiger partial charge in [-0.15, -0.1) is 0 Å². The number of hydrogen-bond donors (Lipinski definition) is 2. The predicted molar refractivity (Wildman–Crippen MR) is 57.3 cm³/mol. The monoisotopic (exact) mass is 201 g/mol. The molecule has 0 aromatic rings. The highest BCUT2D eigenvalue weighted by molar-refractivity contribution is 4.79. The Morgan fingerprint density at radius 1 is 1.36 bits per heavy atom. The molecule has 0 radical (unpaired) electrons. The van der Waals surface area contributed by atoms with E-state index in [1.807, 2.05) is 0 Å². The molecule has 0 aromatic heterocycles. The number of aliphatic hydroxyl groups is 1. The summed E-state index contributed by atoms with van der Waals surface area (Å²) in [7, 11) is 0. The molecule has 0 atom stereocenters. The van der Waals surface area contributed by atoms with Crippen molar-refractivity contribution in [2.24, 2.45) is 5.92 Å². The van der Waals surface area contributed by atoms with Crippen LogP contribution >= 0.6 is 0 Å². The Balaban J connectivity index is 2.17. The molecule has 1 aliphatic heterocycles. The fraction of sp³-hybridized carbons (Fsp3) is 1.00. The van der Waals surface area contributed by atoms with Gasteiger partial charge in [-0.1, -0.05) is 0 Å². The number of aliphatic hydroxyl groups excluding tert-OH is 1. The molecule has 1 saturated heterocycles. The molecule has 1 fully saturated rings. The van der Waals surface area contributed by atoms with Crippen LogP contribution in [0.25, 0.3) is 0 Å². The molecule has 1 rings (SSSR count). The molecule has 0 amide bonds. The van der Waals surface area contributed by atoms with E-state index in [1.54, 1.807) is 0 Å². The minimum Gasteiger partial charge on any atom is -0.396 e. The average molecular weight is 201 g/mol. The van der Waals surface area contributed by atoms with E-state index in [0.717, 1.165) is 32.1 Å². The van der Waals surface area contributed by atoms with Gasteiger partial charge in [-0.3, -0.25) is 0 Å². The first-order valence-corrected chi connectivity index (χ1v) is 5.58. The lowest BCUT2D eigenvalue weighted by molar-refractivity contribution is 0.0633. The number of ether oxygens (including phenoxy) is 1. The van der Waals surface area contributed by atoms with Crippen molar-refractivity contribution < 1.29 is 9.84 Å². The molecule has 0 aromatic carbocycles. The zero-order chi connectivity index (χ0) is 10.4. The summed E-state index contributed by atoms with van der Waals surface area (Å²) in [6, 6.07) is 0. The average Bonchev–Trinajstić information content (AvgIpc) is 2.17. The maximum atomic E-state index is 8.88. The zero-order valence-electron chi connectivity index (χ0n) is 9.38. The van der Waals surface area contributed by atoms with Gasteiger partial charge in [0.1, 0.15) is 0 Å². The number of hydrogen-bond acceptors (Lipinski definition) is 3. The summed E-state index contributed by atoms with van der Waals surface area (Å²) in [6.07, 6.45) is 3.15. The van der Waals surface area contributed by atoms with Crippen molar-refractivity contribution in [2.75, 3.05) is 26.4 Å². The molecule has 84 valence electrons. The van der Waals surface area contributed by atoms with Gasteiger partial charge in [-0.25, -0.2) is 0 Å². The third-order valence-corrected chi connectivity index (χ3v) is 2.95. The van der Waals surface area contributed by atoms with Gasteiger partial charge >= 0.3 is 0 Å². The number of nitrogens with one attached hydrogen (secondary N) is 1. The Morgan fingerprint density at radius 3 is 2.57 bits per heavy atom. The van der Waals surface area contributed by atoms with Crippen molar-refractivity contribution >= 4 is 0 Å². The fourth-order valence-electron chi connectivity index (χ4n) is 1.74. The third-order valence-electron chi connectivity index (χ3n) is 2.95. The zero-order valence-corrected chi connectivity index (χ0v) is 9.38. The molecule has 0 aliphatic carbocycles. The fourth-order valence-corrected chi connectivity index (χ4v) is 1.74. The molecular formula is C11H23NO2. The summed E-state index contributed by atoms with van der Waals surface area (Å²) in [5.74, 6) is 0.752. The van der Waals surface area contributed by atoms with Crippen LogP contribution in [0, 0.1) is 5.92 Å². The summed E-state index contributed by atoms with van der Waals surface area (Å²) in [5.41, 5.74) is 0.0626. The van der Waals surface area contributed by atoms with Crippen LogP contribution in [0.5, 0.6) is 0 Å². The van der Waals surface area contributed by atoms with Crippen molar-refractivity contribution in [3.05, 3.63) is 0 Å². The summed E-state index contributed by atoms with van der Waals surface area (Å²) < 4.78 is 5.31. The van der Waals surface area contributed by atoms with Crippen LogP contribution in [-0.2, 0) is 4.74 Å². The Kier molecular flexibility index (Phi) is 4.85. The topological polar surface area (TPSA) is 41.5 Å². The van der Waals surface area contributed by atoms with Crippen LogP contribution < -0.4 is 5.32 Å². The first-order chi connectivity index (χ1) is 6.64. The van der Waals surface area contributed by atoms with Gasteiger partial charge in [0.25, 0.3) is 0 Å². The minimum absolute atomic E-state index is 0.0626. The van der Waals surface area contributed by atoms with E-state index in [0.29, 0.717) is 0 Å². The molecular weight excluding hydrogens is 178 g/mol. The maximum absolute atomic E-state index is 8.88. The van der Waals surface area contributed by atoms with Crippen LogP contribution in [0.3, 0.4) is 0 Å². The largest absolute Gasteiger partial charge is 0.396 e. The van der Waals surface area contributed by atoms with E-state index in [4.69, 9.17) is 9.84 Å². The highest BCUT2D eigenvalue weighted by Gasteiger charge is 2.19. The number of rotatable bonds is 5. The highest BCUT2D eigenvalue weighted by atomic mass is 16.5. The van der Waals surface area contributed by atoms with Gasteiger partial charge < -0.3 is 15.2 Å². The van der Waals surface area contributed by atoms with Gasteiger partial charge in [0.15, 0.2) is 0 Å². The van der Waals surface area contributed by atoms with Gasteiger partial charge in [-0.2, -0.15) is 0 Å². The molecule has 0 bridgehead atoms. The van der Waals surface area contributed by atoms with Crippen molar-refractivity contribution in [1.29, 1.82) is 0 Å². The lowest BCUT2D eigenvalue weighted by Gasteiger charge is -2.30. The van der Waals surface area contributed by atoms with E-state index in [-0.39, 0.29) is 12.1 Å². The van der Waals surface area contributed by atoms with Gasteiger partial charge in [0, 0.05) is 25.4 Å². The van der Waals surface area contributed by atoms with Crippen LogP contribution in [0.4, 0.5) is 0 Å². The first kappa shape index (κ1) is 12.0. The molecule has 3 heteroatoms.